The largest absolute Gasteiger partial charge is 0.365 e. The van der Waals surface area contributed by atoms with Crippen LogP contribution in [-0.4, -0.2) is 49.7 Å². The number of piperidine rings is 1. The molecule has 1 atom stereocenters. The van der Waals surface area contributed by atoms with Gasteiger partial charge in [-0.05, 0) is 56.9 Å². The standard InChI is InChI=1S/C18H27ClN6OS/c1-5-11(2)25-16-14(12(3)21-18(19)23-16)22-15(17(25)26)20-10-13-6-8-24(27-4)9-7-13/h11,13H,5-10H2,1-4H3,(H,20,22)/t11-/m1/s1. The molecule has 1 N–H and O–H groups in total. The van der Waals surface area contributed by atoms with E-state index in [1.165, 1.54) is 0 Å². The van der Waals surface area contributed by atoms with Gasteiger partial charge in [0.25, 0.3) is 5.56 Å². The molecular formula is C18H27ClN6OS. The topological polar surface area (TPSA) is 75.9 Å². The van der Waals surface area contributed by atoms with Gasteiger partial charge < -0.3 is 5.32 Å². The Bertz CT molecular complexity index is 865. The Morgan fingerprint density at radius 3 is 2.63 bits per heavy atom. The van der Waals surface area contributed by atoms with Crippen LogP contribution in [-0.2, 0) is 0 Å². The highest BCUT2D eigenvalue weighted by molar-refractivity contribution is 7.96. The van der Waals surface area contributed by atoms with E-state index in [0.29, 0.717) is 28.6 Å². The maximum atomic E-state index is 13.1. The predicted octanol–water partition coefficient (Wildman–Crippen LogP) is 3.52. The lowest BCUT2D eigenvalue weighted by molar-refractivity contribution is 0.302. The third-order valence-electron chi connectivity index (χ3n) is 5.31. The number of nitrogens with zero attached hydrogens (tertiary/aromatic N) is 5. The number of nitrogens with one attached hydrogen (secondary N) is 1. The van der Waals surface area contributed by atoms with E-state index in [9.17, 15) is 4.79 Å². The maximum absolute atomic E-state index is 13.1. The minimum absolute atomic E-state index is 0.00117. The quantitative estimate of drug-likeness (QED) is 0.576. The van der Waals surface area contributed by atoms with Crippen molar-refractivity contribution >= 4 is 40.5 Å². The monoisotopic (exact) mass is 410 g/mol. The zero-order valence-electron chi connectivity index (χ0n) is 16.3. The average molecular weight is 411 g/mol. The Balaban J connectivity index is 1.91. The summed E-state index contributed by atoms with van der Waals surface area (Å²) in [4.78, 5) is 26.2. The van der Waals surface area contributed by atoms with Gasteiger partial charge in [-0.15, -0.1) is 0 Å². The van der Waals surface area contributed by atoms with Gasteiger partial charge in [0.05, 0.1) is 5.69 Å². The molecule has 0 spiro atoms. The Kier molecular flexibility index (Phi) is 6.60. The van der Waals surface area contributed by atoms with E-state index >= 15 is 0 Å². The van der Waals surface area contributed by atoms with Crippen LogP contribution in [0.2, 0.25) is 5.28 Å². The van der Waals surface area contributed by atoms with Gasteiger partial charge in [0, 0.05) is 25.7 Å². The molecule has 3 heterocycles. The molecule has 2 aromatic rings. The van der Waals surface area contributed by atoms with Crippen molar-refractivity contribution in [1.82, 2.24) is 23.8 Å². The fourth-order valence-electron chi connectivity index (χ4n) is 3.43. The van der Waals surface area contributed by atoms with Crippen LogP contribution in [0.3, 0.4) is 0 Å². The highest BCUT2D eigenvalue weighted by Crippen LogP contribution is 2.23. The van der Waals surface area contributed by atoms with Crippen molar-refractivity contribution < 1.29 is 0 Å². The van der Waals surface area contributed by atoms with E-state index in [1.54, 1.807) is 16.5 Å². The molecule has 0 unspecified atom stereocenters. The minimum Gasteiger partial charge on any atom is -0.365 e. The predicted molar refractivity (Wildman–Crippen MR) is 113 cm³/mol. The Morgan fingerprint density at radius 1 is 1.30 bits per heavy atom. The molecule has 0 aromatic carbocycles. The average Bonchev–Trinajstić information content (AvgIpc) is 2.66. The van der Waals surface area contributed by atoms with Crippen LogP contribution in [0.4, 0.5) is 5.82 Å². The molecule has 0 aliphatic carbocycles. The number of aromatic nitrogens is 4. The summed E-state index contributed by atoms with van der Waals surface area (Å²) in [7, 11) is 0. The number of fused-ring (bicyclic) bond motifs is 1. The third-order valence-corrected chi connectivity index (χ3v) is 6.36. The van der Waals surface area contributed by atoms with Gasteiger partial charge in [-0.2, -0.15) is 4.98 Å². The molecule has 1 aliphatic heterocycles. The van der Waals surface area contributed by atoms with E-state index in [-0.39, 0.29) is 16.9 Å². The number of rotatable bonds is 6. The van der Waals surface area contributed by atoms with Crippen molar-refractivity contribution in [2.45, 2.75) is 46.1 Å². The number of aryl methyl sites for hydroxylation is 1. The molecule has 3 rings (SSSR count). The highest BCUT2D eigenvalue weighted by atomic mass is 35.5. The van der Waals surface area contributed by atoms with E-state index in [4.69, 9.17) is 11.6 Å². The van der Waals surface area contributed by atoms with Crippen molar-refractivity contribution in [1.29, 1.82) is 0 Å². The molecule has 1 fully saturated rings. The fourth-order valence-corrected chi connectivity index (χ4v) is 4.21. The molecule has 0 amide bonds. The summed E-state index contributed by atoms with van der Waals surface area (Å²) in [6, 6.07) is -0.00117. The zero-order valence-corrected chi connectivity index (χ0v) is 17.9. The van der Waals surface area contributed by atoms with Crippen molar-refractivity contribution in [2.24, 2.45) is 5.92 Å². The van der Waals surface area contributed by atoms with Crippen LogP contribution in [0, 0.1) is 12.8 Å². The van der Waals surface area contributed by atoms with Crippen LogP contribution in [0.15, 0.2) is 4.79 Å². The van der Waals surface area contributed by atoms with Gasteiger partial charge in [-0.1, -0.05) is 18.9 Å². The Morgan fingerprint density at radius 2 is 2.00 bits per heavy atom. The van der Waals surface area contributed by atoms with E-state index in [2.05, 4.69) is 30.8 Å². The van der Waals surface area contributed by atoms with Gasteiger partial charge >= 0.3 is 0 Å². The smallest absolute Gasteiger partial charge is 0.295 e. The lowest BCUT2D eigenvalue weighted by Gasteiger charge is -2.30. The molecule has 1 aliphatic rings. The van der Waals surface area contributed by atoms with Crippen LogP contribution in [0.5, 0.6) is 0 Å². The van der Waals surface area contributed by atoms with Gasteiger partial charge in [0.15, 0.2) is 11.5 Å². The fraction of sp³-hybridized carbons (Fsp3) is 0.667. The SMILES string of the molecule is CC[C@@H](C)n1c(=O)c(NCC2CCN(SC)CC2)nc2c(C)nc(Cl)nc21. The van der Waals surface area contributed by atoms with Gasteiger partial charge in [-0.25, -0.2) is 9.97 Å². The second-order valence-corrected chi connectivity index (χ2v) is 8.30. The van der Waals surface area contributed by atoms with Crippen molar-refractivity contribution in [3.8, 4) is 0 Å². The molecule has 7 nitrogen and oxygen atoms in total. The van der Waals surface area contributed by atoms with Crippen molar-refractivity contribution in [2.75, 3.05) is 31.2 Å². The molecule has 1 saturated heterocycles. The summed E-state index contributed by atoms with van der Waals surface area (Å²) in [5.41, 5.74) is 1.66. The van der Waals surface area contributed by atoms with E-state index < -0.39 is 0 Å². The summed E-state index contributed by atoms with van der Waals surface area (Å²) in [6.45, 7) is 8.82. The first kappa shape index (κ1) is 20.4. The van der Waals surface area contributed by atoms with Gasteiger partial charge in [0.2, 0.25) is 5.28 Å². The normalized spacial score (nSPS) is 17.4. The van der Waals surface area contributed by atoms with Crippen LogP contribution in [0.25, 0.3) is 11.2 Å². The molecule has 2 aromatic heterocycles. The number of anilines is 1. The first-order valence-corrected chi connectivity index (χ1v) is 11.0. The number of hydrogen-bond acceptors (Lipinski definition) is 7. The van der Waals surface area contributed by atoms with Gasteiger partial charge in [-0.3, -0.25) is 13.7 Å². The van der Waals surface area contributed by atoms with E-state index in [0.717, 1.165) is 38.9 Å². The Hall–Kier alpha value is -1.38. The summed E-state index contributed by atoms with van der Waals surface area (Å²) in [6.07, 6.45) is 5.18. The Labute approximate surface area is 169 Å². The van der Waals surface area contributed by atoms with Crippen molar-refractivity contribution in [3.05, 3.63) is 21.3 Å². The third kappa shape index (κ3) is 4.38. The summed E-state index contributed by atoms with van der Waals surface area (Å²) in [5, 5.41) is 3.45. The first-order chi connectivity index (χ1) is 12.9. The first-order valence-electron chi connectivity index (χ1n) is 9.43. The van der Waals surface area contributed by atoms with Crippen LogP contribution in [0.1, 0.15) is 44.8 Å². The van der Waals surface area contributed by atoms with Crippen molar-refractivity contribution in [3.63, 3.8) is 0 Å². The number of hydrogen-bond donors (Lipinski definition) is 1. The second kappa shape index (κ2) is 8.75. The van der Waals surface area contributed by atoms with E-state index in [1.807, 2.05) is 20.8 Å². The summed E-state index contributed by atoms with van der Waals surface area (Å²) < 4.78 is 4.08. The lowest BCUT2D eigenvalue weighted by atomic mass is 9.98. The lowest BCUT2D eigenvalue weighted by Crippen LogP contribution is -2.33. The summed E-state index contributed by atoms with van der Waals surface area (Å²) in [5.74, 6) is 0.925. The molecule has 0 bridgehead atoms. The minimum atomic E-state index is -0.146. The van der Waals surface area contributed by atoms with Gasteiger partial charge in [0.1, 0.15) is 5.52 Å². The molecule has 0 radical (unpaired) electrons. The molecule has 9 heteroatoms. The summed E-state index contributed by atoms with van der Waals surface area (Å²) >= 11 is 7.83. The molecule has 0 saturated carbocycles. The van der Waals surface area contributed by atoms with Crippen LogP contribution >= 0.6 is 23.5 Å². The molecular weight excluding hydrogens is 384 g/mol. The second-order valence-electron chi connectivity index (χ2n) is 7.08. The maximum Gasteiger partial charge on any atom is 0.295 e. The van der Waals surface area contributed by atoms with Crippen LogP contribution < -0.4 is 10.9 Å². The molecule has 27 heavy (non-hydrogen) atoms. The zero-order chi connectivity index (χ0) is 19.6. The number of halogens is 1. The molecule has 148 valence electrons. The highest BCUT2D eigenvalue weighted by Gasteiger charge is 2.21.